The van der Waals surface area contributed by atoms with E-state index < -0.39 is 0 Å². The Labute approximate surface area is 157 Å². The fraction of sp³-hybridized carbons (Fsp3) is 0.250. The smallest absolute Gasteiger partial charge is 0.258 e. The van der Waals surface area contributed by atoms with Gasteiger partial charge in [0.15, 0.2) is 0 Å². The van der Waals surface area contributed by atoms with E-state index in [-0.39, 0.29) is 24.6 Å². The van der Waals surface area contributed by atoms with Crippen LogP contribution in [-0.2, 0) is 11.3 Å². The molecule has 0 radical (unpaired) electrons. The predicted octanol–water partition coefficient (Wildman–Crippen LogP) is 2.39. The summed E-state index contributed by atoms with van der Waals surface area (Å²) in [6, 6.07) is 14.5. The molecule has 1 aromatic heterocycles. The summed E-state index contributed by atoms with van der Waals surface area (Å²) in [6.45, 7) is 2.78. The molecule has 7 nitrogen and oxygen atoms in total. The number of nitrogens with one attached hydrogen (secondary N) is 2. The van der Waals surface area contributed by atoms with Crippen molar-refractivity contribution < 1.29 is 9.53 Å². The minimum Gasteiger partial charge on any atom is -0.497 e. The fourth-order valence-corrected chi connectivity index (χ4v) is 2.79. The number of rotatable bonds is 7. The minimum absolute atomic E-state index is 0.0869. The van der Waals surface area contributed by atoms with E-state index in [1.165, 1.54) is 0 Å². The van der Waals surface area contributed by atoms with Crippen LogP contribution in [0, 0.1) is 0 Å². The second kappa shape index (κ2) is 8.35. The Hall–Kier alpha value is -3.35. The molecule has 1 amide bonds. The van der Waals surface area contributed by atoms with Crippen LogP contribution in [0.3, 0.4) is 0 Å². The van der Waals surface area contributed by atoms with Gasteiger partial charge in [0.2, 0.25) is 5.91 Å². The van der Waals surface area contributed by atoms with Crippen molar-refractivity contribution in [1.29, 1.82) is 0 Å². The van der Waals surface area contributed by atoms with Crippen molar-refractivity contribution in [3.63, 3.8) is 0 Å². The molecule has 140 valence electrons. The van der Waals surface area contributed by atoms with Gasteiger partial charge in [-0.05, 0) is 31.2 Å². The molecule has 0 aliphatic heterocycles. The standard InChI is InChI=1S/C20H22N4O3/c1-3-24(19(25)12-21-14-7-6-8-15(11-14)27-2)13-18-22-17-10-5-4-9-16(17)20(26)23-18/h4-11,21H,3,12-13H2,1-2H3,(H,22,23,26). The van der Waals surface area contributed by atoms with Crippen molar-refractivity contribution in [3.8, 4) is 5.75 Å². The highest BCUT2D eigenvalue weighted by atomic mass is 16.5. The van der Waals surface area contributed by atoms with Gasteiger partial charge in [-0.1, -0.05) is 18.2 Å². The molecule has 0 saturated heterocycles. The Bertz CT molecular complexity index is 1000. The van der Waals surface area contributed by atoms with Gasteiger partial charge in [0.05, 0.1) is 31.1 Å². The maximum absolute atomic E-state index is 12.6. The Balaban J connectivity index is 1.69. The molecular weight excluding hydrogens is 344 g/mol. The van der Waals surface area contributed by atoms with Crippen LogP contribution in [0.2, 0.25) is 0 Å². The molecule has 2 N–H and O–H groups in total. The number of nitrogens with zero attached hydrogens (tertiary/aromatic N) is 2. The minimum atomic E-state index is -0.200. The van der Waals surface area contributed by atoms with Gasteiger partial charge in [-0.3, -0.25) is 9.59 Å². The van der Waals surface area contributed by atoms with Crippen LogP contribution >= 0.6 is 0 Å². The molecule has 1 heterocycles. The van der Waals surface area contributed by atoms with Crippen molar-refractivity contribution >= 4 is 22.5 Å². The number of aromatic nitrogens is 2. The highest BCUT2D eigenvalue weighted by molar-refractivity contribution is 5.81. The number of fused-ring (bicyclic) bond motifs is 1. The first kappa shape index (κ1) is 18.4. The second-order valence-corrected chi connectivity index (χ2v) is 6.02. The number of hydrogen-bond donors (Lipinski definition) is 2. The molecule has 0 fully saturated rings. The Kier molecular flexibility index (Phi) is 5.71. The summed E-state index contributed by atoms with van der Waals surface area (Å²) in [7, 11) is 1.60. The lowest BCUT2D eigenvalue weighted by Gasteiger charge is -2.21. The molecule has 0 spiro atoms. The Morgan fingerprint density at radius 3 is 2.81 bits per heavy atom. The molecule has 0 saturated carbocycles. The molecule has 7 heteroatoms. The molecule has 0 bridgehead atoms. The number of amides is 1. The molecule has 2 aromatic carbocycles. The van der Waals surface area contributed by atoms with Crippen LogP contribution < -0.4 is 15.6 Å². The molecule has 0 aliphatic carbocycles. The number of methoxy groups -OCH3 is 1. The van der Waals surface area contributed by atoms with E-state index in [1.54, 1.807) is 30.2 Å². The number of ether oxygens (including phenoxy) is 1. The maximum Gasteiger partial charge on any atom is 0.258 e. The zero-order valence-corrected chi connectivity index (χ0v) is 15.4. The summed E-state index contributed by atoms with van der Waals surface area (Å²) in [6.07, 6.45) is 0. The highest BCUT2D eigenvalue weighted by Crippen LogP contribution is 2.16. The molecule has 0 aliphatic rings. The second-order valence-electron chi connectivity index (χ2n) is 6.02. The third kappa shape index (κ3) is 4.44. The van der Waals surface area contributed by atoms with E-state index in [4.69, 9.17) is 4.74 Å². The fourth-order valence-electron chi connectivity index (χ4n) is 2.79. The van der Waals surface area contributed by atoms with Crippen LogP contribution in [0.5, 0.6) is 5.75 Å². The van der Waals surface area contributed by atoms with E-state index in [2.05, 4.69) is 15.3 Å². The first-order chi connectivity index (χ1) is 13.1. The first-order valence-electron chi connectivity index (χ1n) is 8.74. The number of aromatic amines is 1. The normalized spacial score (nSPS) is 10.6. The van der Waals surface area contributed by atoms with Crippen LogP contribution in [0.25, 0.3) is 10.9 Å². The number of hydrogen-bond acceptors (Lipinski definition) is 5. The SMILES string of the molecule is CCN(Cc1nc2ccccc2c(=O)[nH]1)C(=O)CNc1cccc(OC)c1. The molecule has 27 heavy (non-hydrogen) atoms. The van der Waals surface area contributed by atoms with Gasteiger partial charge in [-0.15, -0.1) is 0 Å². The third-order valence-electron chi connectivity index (χ3n) is 4.25. The zero-order chi connectivity index (χ0) is 19.2. The lowest BCUT2D eigenvalue weighted by atomic mass is 10.2. The number of carbonyl (C=O) groups excluding carboxylic acids is 1. The van der Waals surface area contributed by atoms with Crippen LogP contribution in [-0.4, -0.2) is 41.0 Å². The van der Waals surface area contributed by atoms with E-state index in [0.29, 0.717) is 23.3 Å². The summed E-state index contributed by atoms with van der Waals surface area (Å²) in [5, 5.41) is 3.63. The van der Waals surface area contributed by atoms with E-state index in [9.17, 15) is 9.59 Å². The molecule has 3 rings (SSSR count). The van der Waals surface area contributed by atoms with Gasteiger partial charge in [-0.25, -0.2) is 4.98 Å². The Morgan fingerprint density at radius 1 is 1.22 bits per heavy atom. The highest BCUT2D eigenvalue weighted by Gasteiger charge is 2.14. The van der Waals surface area contributed by atoms with Gasteiger partial charge >= 0.3 is 0 Å². The lowest BCUT2D eigenvalue weighted by Crippen LogP contribution is -2.36. The number of para-hydroxylation sites is 1. The number of H-pyrrole nitrogens is 1. The summed E-state index contributed by atoms with van der Waals surface area (Å²) in [5.74, 6) is 1.10. The first-order valence-corrected chi connectivity index (χ1v) is 8.74. The van der Waals surface area contributed by atoms with Gasteiger partial charge in [0.25, 0.3) is 5.56 Å². The average molecular weight is 366 g/mol. The monoisotopic (exact) mass is 366 g/mol. The van der Waals surface area contributed by atoms with Crippen LogP contribution in [0.1, 0.15) is 12.7 Å². The van der Waals surface area contributed by atoms with E-state index in [1.807, 2.05) is 37.3 Å². The maximum atomic E-state index is 12.6. The third-order valence-corrected chi connectivity index (χ3v) is 4.25. The van der Waals surface area contributed by atoms with Crippen molar-refractivity contribution in [1.82, 2.24) is 14.9 Å². The van der Waals surface area contributed by atoms with Gasteiger partial charge in [-0.2, -0.15) is 0 Å². The van der Waals surface area contributed by atoms with Crippen molar-refractivity contribution in [2.24, 2.45) is 0 Å². The quantitative estimate of drug-likeness (QED) is 0.670. The average Bonchev–Trinajstić information content (AvgIpc) is 2.70. The van der Waals surface area contributed by atoms with Gasteiger partial charge in [0, 0.05) is 18.3 Å². The summed E-state index contributed by atoms with van der Waals surface area (Å²) in [5.41, 5.74) is 1.22. The molecular formula is C20H22N4O3. The summed E-state index contributed by atoms with van der Waals surface area (Å²) < 4.78 is 5.18. The summed E-state index contributed by atoms with van der Waals surface area (Å²) >= 11 is 0. The zero-order valence-electron chi connectivity index (χ0n) is 15.4. The van der Waals surface area contributed by atoms with Crippen molar-refractivity contribution in [2.45, 2.75) is 13.5 Å². The van der Waals surface area contributed by atoms with E-state index >= 15 is 0 Å². The van der Waals surface area contributed by atoms with Crippen molar-refractivity contribution in [3.05, 3.63) is 64.7 Å². The predicted molar refractivity (Wildman–Crippen MR) is 105 cm³/mol. The van der Waals surface area contributed by atoms with Crippen molar-refractivity contribution in [2.75, 3.05) is 25.5 Å². The number of anilines is 1. The van der Waals surface area contributed by atoms with Crippen LogP contribution in [0.15, 0.2) is 53.3 Å². The van der Waals surface area contributed by atoms with Gasteiger partial charge in [0.1, 0.15) is 11.6 Å². The van der Waals surface area contributed by atoms with Gasteiger partial charge < -0.3 is 19.9 Å². The lowest BCUT2D eigenvalue weighted by molar-refractivity contribution is -0.129. The molecule has 0 unspecified atom stereocenters. The topological polar surface area (TPSA) is 87.3 Å². The largest absolute Gasteiger partial charge is 0.497 e. The number of likely N-dealkylation sites (N-methyl/N-ethyl adjacent to an activating group) is 1. The number of carbonyl (C=O) groups is 1. The molecule has 0 atom stereocenters. The molecule has 3 aromatic rings. The summed E-state index contributed by atoms with van der Waals surface area (Å²) in [4.78, 5) is 33.6. The van der Waals surface area contributed by atoms with E-state index in [0.717, 1.165) is 11.4 Å². The van der Waals surface area contributed by atoms with Crippen LogP contribution in [0.4, 0.5) is 5.69 Å². The Morgan fingerprint density at radius 2 is 2.04 bits per heavy atom. The number of benzene rings is 2.